The van der Waals surface area contributed by atoms with E-state index in [-0.39, 0.29) is 35.7 Å². The van der Waals surface area contributed by atoms with Crippen LogP contribution < -0.4 is 5.32 Å². The first-order chi connectivity index (χ1) is 17.9. The van der Waals surface area contributed by atoms with Gasteiger partial charge >= 0.3 is 0 Å². The second-order valence-electron chi connectivity index (χ2n) is 9.35. The number of aliphatic imine (C=N–C) groups is 1. The monoisotopic (exact) mass is 529 g/mol. The minimum absolute atomic E-state index is 0.161. The maximum atomic E-state index is 14.8. The van der Waals surface area contributed by atoms with Gasteiger partial charge in [-0.15, -0.1) is 0 Å². The zero-order valence-electron chi connectivity index (χ0n) is 19.8. The number of amidine groups is 1. The van der Waals surface area contributed by atoms with Crippen LogP contribution in [0.2, 0.25) is 0 Å². The first kappa shape index (κ1) is 23.8. The molecule has 6 rings (SSSR count). The third-order valence-corrected chi connectivity index (χ3v) is 8.56. The van der Waals surface area contributed by atoms with Crippen LogP contribution in [0.5, 0.6) is 0 Å². The standard InChI is InChI=1S/C24H25F2N7O3S/c25-18-4-2-1-3-16(18)13-33-22(20-5-8-36-30-20)11-21(29-33)23-27-12-19(26)24(28-23)32-14-17(15-32)31-6-9-37(34,35)10-7-31/h1-5,8,11-12,17,23,27H,6-7,9-10,13-15H2. The van der Waals surface area contributed by atoms with Gasteiger partial charge in [-0.2, -0.15) is 5.10 Å². The average Bonchev–Trinajstić information content (AvgIpc) is 3.52. The Hall–Kier alpha value is -3.58. The van der Waals surface area contributed by atoms with Crippen molar-refractivity contribution in [3.63, 3.8) is 0 Å². The van der Waals surface area contributed by atoms with Crippen LogP contribution >= 0.6 is 0 Å². The second-order valence-corrected chi connectivity index (χ2v) is 11.7. The van der Waals surface area contributed by atoms with Gasteiger partial charge in [-0.3, -0.25) is 9.58 Å². The Morgan fingerprint density at radius 3 is 2.62 bits per heavy atom. The quantitative estimate of drug-likeness (QED) is 0.534. The van der Waals surface area contributed by atoms with E-state index in [0.717, 1.165) is 0 Å². The summed E-state index contributed by atoms with van der Waals surface area (Å²) in [6.45, 7) is 2.31. The van der Waals surface area contributed by atoms with E-state index in [2.05, 4.69) is 25.5 Å². The molecule has 13 heteroatoms. The van der Waals surface area contributed by atoms with Crippen molar-refractivity contribution in [2.24, 2.45) is 4.99 Å². The molecule has 194 valence electrons. The topological polar surface area (TPSA) is 109 Å². The molecule has 3 aliphatic rings. The molecule has 10 nitrogen and oxygen atoms in total. The molecule has 2 saturated heterocycles. The predicted molar refractivity (Wildman–Crippen MR) is 131 cm³/mol. The van der Waals surface area contributed by atoms with Crippen molar-refractivity contribution in [3.8, 4) is 11.4 Å². The normalized spacial score (nSPS) is 22.2. The van der Waals surface area contributed by atoms with Crippen molar-refractivity contribution in [1.29, 1.82) is 0 Å². The van der Waals surface area contributed by atoms with Gasteiger partial charge in [0.1, 0.15) is 23.5 Å². The minimum Gasteiger partial charge on any atom is -0.364 e. The number of sulfone groups is 1. The minimum atomic E-state index is -2.95. The number of benzene rings is 1. The Kier molecular flexibility index (Phi) is 6.03. The third-order valence-electron chi connectivity index (χ3n) is 6.95. The molecular weight excluding hydrogens is 504 g/mol. The van der Waals surface area contributed by atoms with Gasteiger partial charge in [0.15, 0.2) is 27.7 Å². The van der Waals surface area contributed by atoms with Crippen LogP contribution in [0.25, 0.3) is 11.4 Å². The van der Waals surface area contributed by atoms with Crippen LogP contribution in [0, 0.1) is 5.82 Å². The van der Waals surface area contributed by atoms with E-state index in [0.29, 0.717) is 48.8 Å². The zero-order chi connectivity index (χ0) is 25.6. The molecular formula is C24H25F2N7O3S. The van der Waals surface area contributed by atoms with Gasteiger partial charge in [0.05, 0.1) is 23.7 Å². The Morgan fingerprint density at radius 2 is 1.89 bits per heavy atom. The summed E-state index contributed by atoms with van der Waals surface area (Å²) in [5, 5.41) is 11.6. The lowest BCUT2D eigenvalue weighted by Gasteiger charge is -2.48. The largest absolute Gasteiger partial charge is 0.364 e. The summed E-state index contributed by atoms with van der Waals surface area (Å²) in [4.78, 5) is 8.59. The van der Waals surface area contributed by atoms with Gasteiger partial charge < -0.3 is 14.7 Å². The van der Waals surface area contributed by atoms with E-state index in [9.17, 15) is 17.2 Å². The molecule has 2 fully saturated rings. The fourth-order valence-corrected chi connectivity index (χ4v) is 6.03. The van der Waals surface area contributed by atoms with Crippen molar-refractivity contribution >= 4 is 15.7 Å². The fourth-order valence-electron chi connectivity index (χ4n) is 4.80. The number of aromatic nitrogens is 3. The first-order valence-corrected chi connectivity index (χ1v) is 13.8. The maximum absolute atomic E-state index is 14.8. The number of likely N-dealkylation sites (tertiary alicyclic amines) is 1. The Bertz CT molecular complexity index is 1450. The molecule has 0 amide bonds. The number of nitrogens with one attached hydrogen (secondary N) is 1. The molecule has 37 heavy (non-hydrogen) atoms. The van der Waals surface area contributed by atoms with E-state index >= 15 is 0 Å². The van der Waals surface area contributed by atoms with E-state index in [1.165, 1.54) is 18.5 Å². The van der Waals surface area contributed by atoms with Crippen LogP contribution in [-0.4, -0.2) is 82.7 Å². The predicted octanol–water partition coefficient (Wildman–Crippen LogP) is 1.95. The Labute approximate surface area is 212 Å². The van der Waals surface area contributed by atoms with Crippen molar-refractivity contribution in [2.45, 2.75) is 18.8 Å². The summed E-state index contributed by atoms with van der Waals surface area (Å²) in [6.07, 6.45) is 2.07. The smallest absolute Gasteiger partial charge is 0.180 e. The number of nitrogens with zero attached hydrogens (tertiary/aromatic N) is 6. The van der Waals surface area contributed by atoms with Gasteiger partial charge in [0, 0.05) is 50.1 Å². The highest BCUT2D eigenvalue weighted by atomic mass is 32.2. The number of hydrogen-bond donors (Lipinski definition) is 1. The van der Waals surface area contributed by atoms with Gasteiger partial charge in [-0.1, -0.05) is 23.4 Å². The van der Waals surface area contributed by atoms with E-state index in [4.69, 9.17) is 4.52 Å². The fraction of sp³-hybridized carbons (Fsp3) is 0.375. The highest BCUT2D eigenvalue weighted by molar-refractivity contribution is 7.91. The molecule has 2 aromatic heterocycles. The van der Waals surface area contributed by atoms with E-state index in [1.54, 1.807) is 35.0 Å². The molecule has 3 aliphatic heterocycles. The van der Waals surface area contributed by atoms with Crippen LogP contribution in [-0.2, 0) is 16.4 Å². The third kappa shape index (κ3) is 4.76. The zero-order valence-corrected chi connectivity index (χ0v) is 20.6. The number of rotatable bonds is 5. The molecule has 5 heterocycles. The summed E-state index contributed by atoms with van der Waals surface area (Å²) in [7, 11) is -2.95. The van der Waals surface area contributed by atoms with Crippen LogP contribution in [0.15, 0.2) is 64.2 Å². The molecule has 3 aromatic rings. The van der Waals surface area contributed by atoms with Crippen molar-refractivity contribution in [3.05, 3.63) is 71.8 Å². The molecule has 0 aliphatic carbocycles. The number of halogens is 2. The molecule has 1 N–H and O–H groups in total. The molecule has 0 spiro atoms. The van der Waals surface area contributed by atoms with Gasteiger partial charge in [-0.05, 0) is 12.1 Å². The van der Waals surface area contributed by atoms with Gasteiger partial charge in [0.25, 0.3) is 0 Å². The Morgan fingerprint density at radius 1 is 1.11 bits per heavy atom. The SMILES string of the molecule is O=S1(=O)CCN(C2CN(C3=NC(c4cc(-c5ccon5)n(Cc5ccccc5F)n4)NC=C3F)C2)CC1. The summed E-state index contributed by atoms with van der Waals surface area (Å²) >= 11 is 0. The lowest BCUT2D eigenvalue weighted by Crippen LogP contribution is -2.63. The lowest BCUT2D eigenvalue weighted by molar-refractivity contribution is 0.0860. The second kappa shape index (κ2) is 9.38. The van der Waals surface area contributed by atoms with Crippen LogP contribution in [0.3, 0.4) is 0 Å². The van der Waals surface area contributed by atoms with Crippen LogP contribution in [0.4, 0.5) is 8.78 Å². The molecule has 1 unspecified atom stereocenters. The summed E-state index contributed by atoms with van der Waals surface area (Å²) in [5.41, 5.74) is 2.13. The Balaban J connectivity index is 1.22. The van der Waals surface area contributed by atoms with E-state index < -0.39 is 21.8 Å². The van der Waals surface area contributed by atoms with Gasteiger partial charge in [0.2, 0.25) is 0 Å². The molecule has 0 radical (unpaired) electrons. The van der Waals surface area contributed by atoms with Gasteiger partial charge in [-0.25, -0.2) is 22.2 Å². The highest BCUT2D eigenvalue weighted by Gasteiger charge is 2.38. The van der Waals surface area contributed by atoms with Crippen LogP contribution in [0.1, 0.15) is 17.4 Å². The molecule has 0 saturated carbocycles. The molecule has 0 bridgehead atoms. The summed E-state index contributed by atoms with van der Waals surface area (Å²) in [6, 6.07) is 10.1. The van der Waals surface area contributed by atoms with Crippen molar-refractivity contribution in [2.75, 3.05) is 37.7 Å². The van der Waals surface area contributed by atoms with Crippen molar-refractivity contribution < 1.29 is 21.7 Å². The molecule has 1 aromatic carbocycles. The average molecular weight is 530 g/mol. The maximum Gasteiger partial charge on any atom is 0.180 e. The lowest BCUT2D eigenvalue weighted by atomic mass is 10.1. The highest BCUT2D eigenvalue weighted by Crippen LogP contribution is 2.29. The number of hydrogen-bond acceptors (Lipinski definition) is 9. The first-order valence-electron chi connectivity index (χ1n) is 12.0. The molecule has 1 atom stereocenters. The van der Waals surface area contributed by atoms with Crippen molar-refractivity contribution in [1.82, 2.24) is 30.1 Å². The summed E-state index contributed by atoms with van der Waals surface area (Å²) in [5.74, 6) is -0.262. The summed E-state index contributed by atoms with van der Waals surface area (Å²) < 4.78 is 59.2. The van der Waals surface area contributed by atoms with E-state index in [1.807, 2.05) is 4.90 Å².